The van der Waals surface area contributed by atoms with Crippen molar-refractivity contribution >= 4 is 17.0 Å². The van der Waals surface area contributed by atoms with E-state index in [-0.39, 0.29) is 5.69 Å². The second-order valence-corrected chi connectivity index (χ2v) is 3.60. The molecule has 0 aliphatic heterocycles. The molecule has 15 heavy (non-hydrogen) atoms. The molecule has 1 unspecified atom stereocenters. The van der Waals surface area contributed by atoms with Crippen LogP contribution in [-0.4, -0.2) is 20.2 Å². The number of nitro groups is 1. The molecule has 0 bridgehead atoms. The zero-order valence-electron chi connectivity index (χ0n) is 7.75. The van der Waals surface area contributed by atoms with Crippen LogP contribution in [-0.2, 0) is 17.7 Å². The summed E-state index contributed by atoms with van der Waals surface area (Å²) >= 11 is -2.01. The van der Waals surface area contributed by atoms with E-state index >= 15 is 0 Å². The number of nitro benzene ring substituents is 1. The number of hydrogen-bond acceptors (Lipinski definition) is 3. The van der Waals surface area contributed by atoms with Crippen molar-refractivity contribution in [3.8, 4) is 0 Å². The van der Waals surface area contributed by atoms with E-state index in [0.717, 1.165) is 5.56 Å². The summed E-state index contributed by atoms with van der Waals surface area (Å²) in [4.78, 5) is 9.87. The Morgan fingerprint density at radius 3 is 2.47 bits per heavy atom. The number of benzene rings is 1. The molecule has 0 aliphatic carbocycles. The molecule has 1 aromatic carbocycles. The van der Waals surface area contributed by atoms with Crippen molar-refractivity contribution in [1.29, 1.82) is 0 Å². The normalized spacial score (nSPS) is 12.3. The number of nitrogens with one attached hydrogen (secondary N) is 1. The number of rotatable bonds is 5. The maximum Gasteiger partial charge on any atom is 0.269 e. The molecule has 7 heteroatoms. The zero-order chi connectivity index (χ0) is 11.3. The van der Waals surface area contributed by atoms with Gasteiger partial charge in [0.05, 0.1) is 4.92 Å². The predicted octanol–water partition coefficient (Wildman–Crippen LogP) is 0.864. The summed E-state index contributed by atoms with van der Waals surface area (Å²) in [6.45, 7) is 0.348. The Morgan fingerprint density at radius 1 is 1.40 bits per heavy atom. The minimum Gasteiger partial charge on any atom is -0.294 e. The van der Waals surface area contributed by atoms with E-state index in [9.17, 15) is 14.3 Å². The van der Waals surface area contributed by atoms with Gasteiger partial charge in [0, 0.05) is 18.7 Å². The van der Waals surface area contributed by atoms with E-state index in [1.54, 1.807) is 12.1 Å². The summed E-state index contributed by atoms with van der Waals surface area (Å²) in [5.74, 6) is 0. The Morgan fingerprint density at radius 2 is 2.00 bits per heavy atom. The van der Waals surface area contributed by atoms with Gasteiger partial charge in [-0.2, -0.15) is 0 Å². The van der Waals surface area contributed by atoms with Crippen molar-refractivity contribution in [1.82, 2.24) is 4.72 Å². The van der Waals surface area contributed by atoms with Gasteiger partial charge in [0.25, 0.3) is 5.69 Å². The molecular weight excluding hydrogens is 220 g/mol. The minimum absolute atomic E-state index is 0.0393. The summed E-state index contributed by atoms with van der Waals surface area (Å²) in [7, 11) is 0. The predicted molar refractivity (Wildman–Crippen MR) is 55.6 cm³/mol. The van der Waals surface area contributed by atoms with Gasteiger partial charge in [-0.05, 0) is 12.0 Å². The summed E-state index contributed by atoms with van der Waals surface area (Å²) < 4.78 is 21.0. The Hall–Kier alpha value is -1.31. The van der Waals surface area contributed by atoms with Gasteiger partial charge in [-0.1, -0.05) is 12.1 Å². The summed E-state index contributed by atoms with van der Waals surface area (Å²) in [5.41, 5.74) is 0.913. The molecule has 0 amide bonds. The van der Waals surface area contributed by atoms with E-state index in [2.05, 4.69) is 4.72 Å². The van der Waals surface area contributed by atoms with Crippen LogP contribution < -0.4 is 4.72 Å². The van der Waals surface area contributed by atoms with E-state index in [4.69, 9.17) is 4.55 Å². The molecule has 0 radical (unpaired) electrons. The maximum atomic E-state index is 10.3. The maximum absolute atomic E-state index is 10.3. The highest BCUT2D eigenvalue weighted by molar-refractivity contribution is 7.77. The van der Waals surface area contributed by atoms with Crippen LogP contribution in [0, 0.1) is 10.1 Å². The van der Waals surface area contributed by atoms with Gasteiger partial charge in [-0.25, -0.2) is 8.93 Å². The molecule has 1 aromatic rings. The Kier molecular flexibility index (Phi) is 4.35. The first kappa shape index (κ1) is 11.8. The van der Waals surface area contributed by atoms with Crippen LogP contribution >= 0.6 is 0 Å². The Bertz CT molecular complexity index is 365. The quantitative estimate of drug-likeness (QED) is 0.446. The van der Waals surface area contributed by atoms with Gasteiger partial charge in [-0.3, -0.25) is 14.7 Å². The van der Waals surface area contributed by atoms with Gasteiger partial charge in [0.2, 0.25) is 11.3 Å². The lowest BCUT2D eigenvalue weighted by atomic mass is 10.1. The topological polar surface area (TPSA) is 92.5 Å². The van der Waals surface area contributed by atoms with Crippen LogP contribution in [0.5, 0.6) is 0 Å². The number of hydrogen-bond donors (Lipinski definition) is 2. The first-order chi connectivity index (χ1) is 7.09. The molecule has 2 N–H and O–H groups in total. The van der Waals surface area contributed by atoms with Crippen molar-refractivity contribution in [3.63, 3.8) is 0 Å². The minimum atomic E-state index is -2.01. The van der Waals surface area contributed by atoms with Gasteiger partial charge in [0.15, 0.2) is 0 Å². The second kappa shape index (κ2) is 5.54. The smallest absolute Gasteiger partial charge is 0.269 e. The van der Waals surface area contributed by atoms with Crippen molar-refractivity contribution in [3.05, 3.63) is 39.9 Å². The fraction of sp³-hybridized carbons (Fsp3) is 0.250. The third-order valence-corrected chi connectivity index (χ3v) is 2.24. The fourth-order valence-corrected chi connectivity index (χ4v) is 1.34. The first-order valence-electron chi connectivity index (χ1n) is 4.17. The van der Waals surface area contributed by atoms with E-state index in [1.165, 1.54) is 12.1 Å². The highest BCUT2D eigenvalue weighted by Gasteiger charge is 2.03. The third kappa shape index (κ3) is 4.15. The zero-order valence-corrected chi connectivity index (χ0v) is 8.57. The monoisotopic (exact) mass is 230 g/mol. The van der Waals surface area contributed by atoms with Gasteiger partial charge < -0.3 is 0 Å². The molecule has 1 rings (SSSR count). The van der Waals surface area contributed by atoms with Crippen LogP contribution in [0.2, 0.25) is 0 Å². The van der Waals surface area contributed by atoms with Crippen molar-refractivity contribution < 1.29 is 13.7 Å². The molecule has 0 saturated heterocycles. The summed E-state index contributed by atoms with van der Waals surface area (Å²) in [6.07, 6.45) is 0.546. The van der Waals surface area contributed by atoms with Crippen LogP contribution in [0.15, 0.2) is 24.3 Å². The van der Waals surface area contributed by atoms with Crippen molar-refractivity contribution in [2.75, 3.05) is 6.54 Å². The number of non-ortho nitro benzene ring substituents is 1. The molecule has 82 valence electrons. The van der Waals surface area contributed by atoms with E-state index in [1.807, 2.05) is 0 Å². The lowest BCUT2D eigenvalue weighted by molar-refractivity contribution is -0.384. The molecule has 0 fully saturated rings. The second-order valence-electron chi connectivity index (χ2n) is 2.82. The largest absolute Gasteiger partial charge is 0.294 e. The lowest BCUT2D eigenvalue weighted by Gasteiger charge is -2.00. The Balaban J connectivity index is 2.50. The molecule has 0 heterocycles. The molecule has 0 saturated carbocycles. The van der Waals surface area contributed by atoms with Gasteiger partial charge in [-0.15, -0.1) is 0 Å². The van der Waals surface area contributed by atoms with Crippen LogP contribution in [0.4, 0.5) is 5.69 Å². The summed E-state index contributed by atoms with van der Waals surface area (Å²) in [5, 5.41) is 10.3. The van der Waals surface area contributed by atoms with Gasteiger partial charge >= 0.3 is 0 Å². The lowest BCUT2D eigenvalue weighted by Crippen LogP contribution is -2.18. The molecule has 0 aliphatic rings. The van der Waals surface area contributed by atoms with Gasteiger partial charge in [0.1, 0.15) is 0 Å². The first-order valence-corrected chi connectivity index (χ1v) is 5.28. The number of nitrogens with zero attached hydrogens (tertiary/aromatic N) is 1. The molecular formula is C8H10N2O4S. The molecule has 1 atom stereocenters. The van der Waals surface area contributed by atoms with Crippen molar-refractivity contribution in [2.24, 2.45) is 0 Å². The average Bonchev–Trinajstić information content (AvgIpc) is 2.18. The van der Waals surface area contributed by atoms with Crippen LogP contribution in [0.1, 0.15) is 5.56 Å². The highest BCUT2D eigenvalue weighted by atomic mass is 32.2. The van der Waals surface area contributed by atoms with E-state index < -0.39 is 16.2 Å². The summed E-state index contributed by atoms with van der Waals surface area (Å²) in [6, 6.07) is 6.07. The standard InChI is InChI=1S/C8H10N2O4S/c11-10(12)8-3-1-7(2-4-8)5-6-9-15(13)14/h1-4,9H,5-6H2,(H,13,14). The third-order valence-electron chi connectivity index (χ3n) is 1.79. The van der Waals surface area contributed by atoms with Crippen molar-refractivity contribution in [2.45, 2.75) is 6.42 Å². The SMILES string of the molecule is O=[N+]([O-])c1ccc(CCNS(=O)O)cc1. The molecule has 0 spiro atoms. The highest BCUT2D eigenvalue weighted by Crippen LogP contribution is 2.11. The Labute approximate surface area is 88.9 Å². The molecule has 6 nitrogen and oxygen atoms in total. The van der Waals surface area contributed by atoms with E-state index in [0.29, 0.717) is 13.0 Å². The fourth-order valence-electron chi connectivity index (χ4n) is 1.07. The average molecular weight is 230 g/mol. The van der Waals surface area contributed by atoms with Crippen LogP contribution in [0.3, 0.4) is 0 Å². The molecule has 0 aromatic heterocycles. The van der Waals surface area contributed by atoms with Crippen LogP contribution in [0.25, 0.3) is 0 Å².